The van der Waals surface area contributed by atoms with Crippen LogP contribution >= 0.6 is 11.6 Å². The second-order valence-electron chi connectivity index (χ2n) is 3.21. The lowest BCUT2D eigenvalue weighted by Crippen LogP contribution is -2.16. The zero-order chi connectivity index (χ0) is 12.1. The fourth-order valence-corrected chi connectivity index (χ4v) is 1.61. The summed E-state index contributed by atoms with van der Waals surface area (Å²) in [6.07, 6.45) is 0. The van der Waals surface area contributed by atoms with Gasteiger partial charge in [0.05, 0.1) is 14.2 Å². The molecule has 16 heavy (non-hydrogen) atoms. The Morgan fingerprint density at radius 2 is 2.06 bits per heavy atom. The number of halogens is 1. The molecule has 0 atom stereocenters. The summed E-state index contributed by atoms with van der Waals surface area (Å²) in [5.41, 5.74) is 1.75. The largest absolute Gasteiger partial charge is 0.496 e. The van der Waals surface area contributed by atoms with E-state index in [1.54, 1.807) is 14.2 Å². The fourth-order valence-electron chi connectivity index (χ4n) is 1.54. The zero-order valence-corrected chi connectivity index (χ0v) is 10.2. The van der Waals surface area contributed by atoms with Gasteiger partial charge in [-0.05, 0) is 30.7 Å². The van der Waals surface area contributed by atoms with Gasteiger partial charge in [0, 0.05) is 17.7 Å². The molecule has 4 nitrogen and oxygen atoms in total. The molecule has 1 amide bonds. The number of carbonyl (C=O) groups excluding carboxylic acids is 1. The standard InChI is InChI=1S/C11H14ClNO3/c1-7-9(15-2)5-4-8(10(7)16-3)6-13-11(12)14/h4-5H,6H2,1-3H3,(H,13,14). The molecule has 0 aromatic heterocycles. The number of benzene rings is 1. The minimum atomic E-state index is -0.587. The number of methoxy groups -OCH3 is 2. The molecular formula is C11H14ClNO3. The van der Waals surface area contributed by atoms with Crippen molar-refractivity contribution in [2.75, 3.05) is 14.2 Å². The van der Waals surface area contributed by atoms with Gasteiger partial charge in [-0.15, -0.1) is 0 Å². The third kappa shape index (κ3) is 2.79. The van der Waals surface area contributed by atoms with Crippen LogP contribution in [0.2, 0.25) is 0 Å². The van der Waals surface area contributed by atoms with Gasteiger partial charge in [-0.2, -0.15) is 0 Å². The Labute approximate surface area is 99.5 Å². The minimum absolute atomic E-state index is 0.330. The minimum Gasteiger partial charge on any atom is -0.496 e. The lowest BCUT2D eigenvalue weighted by Gasteiger charge is -2.14. The Hall–Kier alpha value is -1.42. The summed E-state index contributed by atoms with van der Waals surface area (Å²) < 4.78 is 10.5. The van der Waals surface area contributed by atoms with E-state index in [1.807, 2.05) is 19.1 Å². The van der Waals surface area contributed by atoms with Crippen LogP contribution in [0.15, 0.2) is 12.1 Å². The quantitative estimate of drug-likeness (QED) is 0.653. The summed E-state index contributed by atoms with van der Waals surface area (Å²) in [6.45, 7) is 2.22. The third-order valence-electron chi connectivity index (χ3n) is 2.28. The van der Waals surface area contributed by atoms with Gasteiger partial charge in [-0.3, -0.25) is 4.79 Å². The van der Waals surface area contributed by atoms with Gasteiger partial charge >= 0.3 is 5.37 Å². The topological polar surface area (TPSA) is 47.6 Å². The van der Waals surface area contributed by atoms with Crippen molar-refractivity contribution in [2.45, 2.75) is 13.5 Å². The fraction of sp³-hybridized carbons (Fsp3) is 0.364. The lowest BCUT2D eigenvalue weighted by atomic mass is 10.1. The number of ether oxygens (including phenoxy) is 2. The van der Waals surface area contributed by atoms with Crippen LogP contribution in [-0.2, 0) is 6.54 Å². The van der Waals surface area contributed by atoms with E-state index in [0.717, 1.165) is 16.9 Å². The second-order valence-corrected chi connectivity index (χ2v) is 3.56. The zero-order valence-electron chi connectivity index (χ0n) is 9.46. The van der Waals surface area contributed by atoms with Crippen molar-refractivity contribution in [2.24, 2.45) is 0 Å². The predicted molar refractivity (Wildman–Crippen MR) is 62.4 cm³/mol. The SMILES string of the molecule is COc1ccc(CNC(=O)Cl)c(OC)c1C. The lowest BCUT2D eigenvalue weighted by molar-refractivity contribution is 0.259. The van der Waals surface area contributed by atoms with Crippen LogP contribution in [0.3, 0.4) is 0 Å². The van der Waals surface area contributed by atoms with E-state index < -0.39 is 5.37 Å². The molecule has 0 saturated carbocycles. The average Bonchev–Trinajstić information content (AvgIpc) is 2.26. The van der Waals surface area contributed by atoms with Crippen LogP contribution in [-0.4, -0.2) is 19.6 Å². The number of carbonyl (C=O) groups is 1. The maximum absolute atomic E-state index is 10.6. The molecule has 1 aromatic rings. The molecule has 88 valence electrons. The van der Waals surface area contributed by atoms with Crippen molar-refractivity contribution < 1.29 is 14.3 Å². The van der Waals surface area contributed by atoms with Gasteiger partial charge in [0.15, 0.2) is 0 Å². The highest BCUT2D eigenvalue weighted by Crippen LogP contribution is 2.31. The van der Waals surface area contributed by atoms with E-state index in [-0.39, 0.29) is 0 Å². The van der Waals surface area contributed by atoms with E-state index >= 15 is 0 Å². The summed E-state index contributed by atoms with van der Waals surface area (Å²) in [6, 6.07) is 3.66. The highest BCUT2D eigenvalue weighted by atomic mass is 35.5. The molecule has 0 radical (unpaired) electrons. The maximum atomic E-state index is 10.6. The summed E-state index contributed by atoms with van der Waals surface area (Å²) >= 11 is 5.21. The van der Waals surface area contributed by atoms with Gasteiger partial charge in [-0.1, -0.05) is 0 Å². The Morgan fingerprint density at radius 1 is 1.38 bits per heavy atom. The Kier molecular flexibility index (Phi) is 4.43. The highest BCUT2D eigenvalue weighted by molar-refractivity contribution is 6.62. The van der Waals surface area contributed by atoms with Crippen molar-refractivity contribution >= 4 is 17.0 Å². The van der Waals surface area contributed by atoms with Crippen molar-refractivity contribution in [3.05, 3.63) is 23.3 Å². The molecule has 5 heteroatoms. The van der Waals surface area contributed by atoms with Crippen LogP contribution in [0.1, 0.15) is 11.1 Å². The summed E-state index contributed by atoms with van der Waals surface area (Å²) in [7, 11) is 3.18. The van der Waals surface area contributed by atoms with Crippen LogP contribution in [0.5, 0.6) is 11.5 Å². The van der Waals surface area contributed by atoms with E-state index in [2.05, 4.69) is 5.32 Å². The Bertz CT molecular complexity index is 393. The number of hydrogen-bond acceptors (Lipinski definition) is 3. The molecule has 0 saturated heterocycles. The summed E-state index contributed by atoms with van der Waals surface area (Å²) in [5.74, 6) is 1.45. The summed E-state index contributed by atoms with van der Waals surface area (Å²) in [4.78, 5) is 10.6. The smallest absolute Gasteiger partial charge is 0.314 e. The van der Waals surface area contributed by atoms with Crippen LogP contribution in [0.25, 0.3) is 0 Å². The van der Waals surface area contributed by atoms with Gasteiger partial charge < -0.3 is 14.8 Å². The maximum Gasteiger partial charge on any atom is 0.314 e. The van der Waals surface area contributed by atoms with Crippen LogP contribution in [0, 0.1) is 6.92 Å². The van der Waals surface area contributed by atoms with Crippen LogP contribution < -0.4 is 14.8 Å². The van der Waals surface area contributed by atoms with E-state index in [9.17, 15) is 4.79 Å². The molecule has 0 unspecified atom stereocenters. The number of amides is 1. The molecule has 0 fully saturated rings. The molecule has 0 heterocycles. The van der Waals surface area contributed by atoms with Gasteiger partial charge in [-0.25, -0.2) is 0 Å². The van der Waals surface area contributed by atoms with E-state index in [4.69, 9.17) is 21.1 Å². The first-order valence-corrected chi connectivity index (χ1v) is 5.11. The average molecular weight is 244 g/mol. The summed E-state index contributed by atoms with van der Waals surface area (Å²) in [5, 5.41) is 1.92. The first-order valence-electron chi connectivity index (χ1n) is 4.74. The van der Waals surface area contributed by atoms with Gasteiger partial charge in [0.25, 0.3) is 0 Å². The second kappa shape index (κ2) is 5.61. The molecule has 0 aliphatic rings. The van der Waals surface area contributed by atoms with Crippen molar-refractivity contribution in [1.29, 1.82) is 0 Å². The van der Waals surface area contributed by atoms with Gasteiger partial charge in [0.1, 0.15) is 11.5 Å². The Balaban J connectivity index is 3.01. The first kappa shape index (κ1) is 12.6. The third-order valence-corrected chi connectivity index (χ3v) is 2.41. The Morgan fingerprint density at radius 3 is 2.56 bits per heavy atom. The molecule has 1 rings (SSSR count). The molecule has 1 N–H and O–H groups in total. The molecule has 0 aliphatic carbocycles. The number of hydrogen-bond donors (Lipinski definition) is 1. The number of rotatable bonds is 4. The first-order chi connectivity index (χ1) is 7.60. The number of nitrogens with one attached hydrogen (secondary N) is 1. The monoisotopic (exact) mass is 243 g/mol. The van der Waals surface area contributed by atoms with Crippen molar-refractivity contribution in [1.82, 2.24) is 5.32 Å². The molecule has 1 aromatic carbocycles. The molecule has 0 spiro atoms. The van der Waals surface area contributed by atoms with Crippen molar-refractivity contribution in [3.8, 4) is 11.5 Å². The van der Waals surface area contributed by atoms with Gasteiger partial charge in [0.2, 0.25) is 0 Å². The predicted octanol–water partition coefficient (Wildman–Crippen LogP) is 2.46. The molecule has 0 aliphatic heterocycles. The van der Waals surface area contributed by atoms with E-state index in [1.165, 1.54) is 0 Å². The molecule has 0 bridgehead atoms. The highest BCUT2D eigenvalue weighted by Gasteiger charge is 2.11. The van der Waals surface area contributed by atoms with Crippen LogP contribution in [0.4, 0.5) is 4.79 Å². The van der Waals surface area contributed by atoms with E-state index in [0.29, 0.717) is 12.3 Å². The van der Waals surface area contributed by atoms with Crippen molar-refractivity contribution in [3.63, 3.8) is 0 Å². The molecular weight excluding hydrogens is 230 g/mol. The normalized spacial score (nSPS) is 9.75.